The molecule has 8 heteroatoms. The fraction of sp³-hybridized carbons (Fsp3) is 0.909. The lowest BCUT2D eigenvalue weighted by atomic mass is 9.53. The molecule has 1 spiro atoms. The van der Waals surface area contributed by atoms with Crippen LogP contribution in [0.4, 0.5) is 4.79 Å². The molecule has 2 saturated carbocycles. The zero-order chi connectivity index (χ0) is 21.5. The molecule has 168 valence electrons. The third-order valence-electron chi connectivity index (χ3n) is 8.72. The second-order valence-electron chi connectivity index (χ2n) is 10.8. The lowest BCUT2D eigenvalue weighted by molar-refractivity contribution is -0.540. The van der Waals surface area contributed by atoms with E-state index in [0.717, 1.165) is 25.7 Å². The number of carboxylic acid groups (broad SMARTS) is 1. The molecular weight excluding hydrogens is 390 g/mol. The van der Waals surface area contributed by atoms with Crippen molar-refractivity contribution >= 4 is 12.1 Å². The molecular formula is C22H33NO7. The smallest absolute Gasteiger partial charge is 0.410 e. The summed E-state index contributed by atoms with van der Waals surface area (Å²) < 4.78 is 12.4. The Bertz CT molecular complexity index is 752. The van der Waals surface area contributed by atoms with Gasteiger partial charge in [-0.3, -0.25) is 4.79 Å². The first kappa shape index (κ1) is 20.5. The standard InChI is InChI=1S/C22H33NO7/c1-12-5-6-15-13(2)16(27-19(26)23-10-20(3,11-23)18(24)25)9-17-22(15)14(12)7-8-21(4,28-17)29-30-22/h12-17H,5-11H2,1-4H3,(H,24,25)/t12-,13-,14+,15+,16+,17+,21-,22-/m1/s1. The first-order valence-electron chi connectivity index (χ1n) is 11.3. The fourth-order valence-corrected chi connectivity index (χ4v) is 6.86. The van der Waals surface area contributed by atoms with Gasteiger partial charge in [-0.05, 0) is 50.9 Å². The number of carboxylic acids is 1. The minimum atomic E-state index is -0.879. The van der Waals surface area contributed by atoms with Crippen LogP contribution in [0.1, 0.15) is 59.8 Å². The number of carbonyl (C=O) groups excluding carboxylic acids is 1. The van der Waals surface area contributed by atoms with Crippen molar-refractivity contribution in [1.82, 2.24) is 4.90 Å². The Kier molecular flexibility index (Phi) is 4.49. The van der Waals surface area contributed by atoms with Gasteiger partial charge in [0.15, 0.2) is 5.79 Å². The molecule has 0 unspecified atom stereocenters. The van der Waals surface area contributed by atoms with Crippen LogP contribution in [0.25, 0.3) is 0 Å². The predicted molar refractivity (Wildman–Crippen MR) is 104 cm³/mol. The van der Waals surface area contributed by atoms with E-state index < -0.39 is 28.9 Å². The summed E-state index contributed by atoms with van der Waals surface area (Å²) in [6.45, 7) is 8.40. The van der Waals surface area contributed by atoms with Crippen LogP contribution in [0.2, 0.25) is 0 Å². The first-order valence-corrected chi connectivity index (χ1v) is 11.3. The average molecular weight is 424 g/mol. The number of hydrogen-bond acceptors (Lipinski definition) is 6. The maximum atomic E-state index is 12.7. The Hall–Kier alpha value is -1.38. The van der Waals surface area contributed by atoms with E-state index in [1.54, 1.807) is 6.92 Å². The van der Waals surface area contributed by atoms with Gasteiger partial charge in [-0.15, -0.1) is 0 Å². The molecule has 4 heterocycles. The molecule has 6 rings (SSSR count). The summed E-state index contributed by atoms with van der Waals surface area (Å²) in [5.74, 6) is -0.419. The summed E-state index contributed by atoms with van der Waals surface area (Å²) in [6.07, 6.45) is 3.63. The number of amides is 1. The number of aliphatic carboxylic acids is 1. The highest BCUT2D eigenvalue weighted by Crippen LogP contribution is 2.61. The van der Waals surface area contributed by atoms with E-state index >= 15 is 0 Å². The van der Waals surface area contributed by atoms with Crippen LogP contribution >= 0.6 is 0 Å². The topological polar surface area (TPSA) is 94.5 Å². The fourth-order valence-electron chi connectivity index (χ4n) is 6.86. The molecule has 6 aliphatic rings. The summed E-state index contributed by atoms with van der Waals surface area (Å²) >= 11 is 0. The van der Waals surface area contributed by atoms with Crippen molar-refractivity contribution in [2.75, 3.05) is 13.1 Å². The van der Waals surface area contributed by atoms with E-state index in [-0.39, 0.29) is 37.1 Å². The van der Waals surface area contributed by atoms with Crippen LogP contribution < -0.4 is 0 Å². The Morgan fingerprint density at radius 3 is 2.50 bits per heavy atom. The van der Waals surface area contributed by atoms with E-state index in [4.69, 9.17) is 19.2 Å². The van der Waals surface area contributed by atoms with Crippen LogP contribution in [0.15, 0.2) is 0 Å². The van der Waals surface area contributed by atoms with E-state index in [0.29, 0.717) is 18.3 Å². The highest BCUT2D eigenvalue weighted by Gasteiger charge is 2.68. The molecule has 0 aromatic heterocycles. The average Bonchev–Trinajstić information content (AvgIpc) is 2.89. The molecule has 4 saturated heterocycles. The second-order valence-corrected chi connectivity index (χ2v) is 10.8. The van der Waals surface area contributed by atoms with E-state index in [2.05, 4.69) is 13.8 Å². The van der Waals surface area contributed by atoms with Crippen LogP contribution in [-0.2, 0) is 24.0 Å². The van der Waals surface area contributed by atoms with Gasteiger partial charge in [0.2, 0.25) is 0 Å². The molecule has 0 radical (unpaired) electrons. The largest absolute Gasteiger partial charge is 0.481 e. The summed E-state index contributed by atoms with van der Waals surface area (Å²) in [5, 5.41) is 9.29. The summed E-state index contributed by atoms with van der Waals surface area (Å²) in [5.41, 5.74) is -1.36. The Morgan fingerprint density at radius 2 is 1.80 bits per heavy atom. The number of likely N-dealkylation sites (tertiary alicyclic amines) is 1. The highest BCUT2D eigenvalue weighted by molar-refractivity contribution is 5.80. The normalized spacial score (nSPS) is 48.9. The molecule has 0 aromatic carbocycles. The lowest BCUT2D eigenvalue weighted by Gasteiger charge is -2.60. The lowest BCUT2D eigenvalue weighted by Crippen LogP contribution is -2.70. The van der Waals surface area contributed by atoms with Crippen molar-refractivity contribution < 1.29 is 33.9 Å². The minimum Gasteiger partial charge on any atom is -0.481 e. The number of fused-ring (bicyclic) bond motifs is 2. The van der Waals surface area contributed by atoms with Gasteiger partial charge in [0, 0.05) is 31.8 Å². The third-order valence-corrected chi connectivity index (χ3v) is 8.72. The van der Waals surface area contributed by atoms with Gasteiger partial charge in [0.05, 0.1) is 6.10 Å². The Labute approximate surface area is 177 Å². The number of carbonyl (C=O) groups is 2. The van der Waals surface area contributed by atoms with Crippen molar-refractivity contribution in [2.45, 2.75) is 83.4 Å². The maximum absolute atomic E-state index is 12.7. The molecule has 8 atom stereocenters. The quantitative estimate of drug-likeness (QED) is 0.682. The monoisotopic (exact) mass is 423 g/mol. The molecule has 2 aliphatic carbocycles. The third kappa shape index (κ3) is 2.76. The molecule has 1 N–H and O–H groups in total. The van der Waals surface area contributed by atoms with E-state index in [1.165, 1.54) is 4.90 Å². The minimum absolute atomic E-state index is 0.113. The molecule has 6 fully saturated rings. The van der Waals surface area contributed by atoms with Gasteiger partial charge in [-0.25, -0.2) is 14.6 Å². The first-order chi connectivity index (χ1) is 14.1. The summed E-state index contributed by atoms with van der Waals surface area (Å²) in [7, 11) is 0. The van der Waals surface area contributed by atoms with Gasteiger partial charge in [-0.2, -0.15) is 0 Å². The molecule has 2 bridgehead atoms. The van der Waals surface area contributed by atoms with Gasteiger partial charge < -0.3 is 19.5 Å². The molecule has 4 aliphatic heterocycles. The molecule has 0 aromatic rings. The highest BCUT2D eigenvalue weighted by atomic mass is 17.3. The number of nitrogens with zero attached hydrogens (tertiary/aromatic N) is 1. The van der Waals surface area contributed by atoms with Gasteiger partial charge in [0.1, 0.15) is 17.1 Å². The van der Waals surface area contributed by atoms with Crippen LogP contribution in [0, 0.1) is 29.1 Å². The maximum Gasteiger partial charge on any atom is 0.410 e. The predicted octanol–water partition coefficient (Wildman–Crippen LogP) is 3.20. The number of hydrogen-bond donors (Lipinski definition) is 1. The van der Waals surface area contributed by atoms with Crippen molar-refractivity contribution in [3.63, 3.8) is 0 Å². The second kappa shape index (κ2) is 6.56. The van der Waals surface area contributed by atoms with Crippen molar-refractivity contribution in [2.24, 2.45) is 29.1 Å². The summed E-state index contributed by atoms with van der Waals surface area (Å²) in [6, 6.07) is 0. The van der Waals surface area contributed by atoms with Gasteiger partial charge in [-0.1, -0.05) is 13.8 Å². The number of rotatable bonds is 2. The van der Waals surface area contributed by atoms with Gasteiger partial charge >= 0.3 is 12.1 Å². The van der Waals surface area contributed by atoms with Crippen LogP contribution in [0.5, 0.6) is 0 Å². The Morgan fingerprint density at radius 1 is 1.07 bits per heavy atom. The summed E-state index contributed by atoms with van der Waals surface area (Å²) in [4.78, 5) is 37.6. The zero-order valence-corrected chi connectivity index (χ0v) is 18.3. The van der Waals surface area contributed by atoms with Crippen LogP contribution in [0.3, 0.4) is 0 Å². The van der Waals surface area contributed by atoms with E-state index in [1.807, 2.05) is 6.92 Å². The molecule has 30 heavy (non-hydrogen) atoms. The number of ether oxygens (including phenoxy) is 2. The van der Waals surface area contributed by atoms with E-state index in [9.17, 15) is 14.7 Å². The van der Waals surface area contributed by atoms with Gasteiger partial charge in [0.25, 0.3) is 0 Å². The van der Waals surface area contributed by atoms with Crippen LogP contribution in [-0.4, -0.2) is 58.8 Å². The molecule has 1 amide bonds. The van der Waals surface area contributed by atoms with Crippen molar-refractivity contribution in [3.05, 3.63) is 0 Å². The van der Waals surface area contributed by atoms with Crippen molar-refractivity contribution in [1.29, 1.82) is 0 Å². The van der Waals surface area contributed by atoms with Crippen molar-refractivity contribution in [3.8, 4) is 0 Å². The SMILES string of the molecule is C[C@H]1[C@@H](OC(=O)N2CC(C)(C(=O)O)C2)C[C@@H]2O[C@@]3(C)CC[C@H]4[C@H](C)CC[C@@H]1[C@@]24OO3. The molecule has 8 nitrogen and oxygen atoms in total. The Balaban J connectivity index is 1.36. The zero-order valence-electron chi connectivity index (χ0n) is 18.3.